The van der Waals surface area contributed by atoms with Gasteiger partial charge in [0.05, 0.1) is 22.0 Å². The van der Waals surface area contributed by atoms with Crippen molar-refractivity contribution in [3.8, 4) is 5.75 Å². The number of ether oxygens (including phenoxy) is 1. The highest BCUT2D eigenvalue weighted by Gasteiger charge is 2.19. The van der Waals surface area contributed by atoms with Crippen molar-refractivity contribution in [3.63, 3.8) is 0 Å². The predicted molar refractivity (Wildman–Crippen MR) is 85.2 cm³/mol. The minimum Gasteiger partial charge on any atom is -0.496 e. The van der Waals surface area contributed by atoms with Gasteiger partial charge in [-0.15, -0.1) is 0 Å². The molecule has 1 atom stereocenters. The summed E-state index contributed by atoms with van der Waals surface area (Å²) in [5.41, 5.74) is 1.77. The third kappa shape index (κ3) is 3.19. The highest BCUT2D eigenvalue weighted by molar-refractivity contribution is 9.09. The average Bonchev–Trinajstić information content (AvgIpc) is 2.41. The van der Waals surface area contributed by atoms with E-state index in [4.69, 9.17) is 39.5 Å². The fraction of sp³-hybridized carbons (Fsp3) is 0.143. The van der Waals surface area contributed by atoms with Gasteiger partial charge in [0.1, 0.15) is 5.75 Å². The van der Waals surface area contributed by atoms with Crippen molar-refractivity contribution in [2.24, 2.45) is 0 Å². The van der Waals surface area contributed by atoms with E-state index in [0.717, 1.165) is 16.9 Å². The fourth-order valence-electron chi connectivity index (χ4n) is 1.79. The Labute approximate surface area is 135 Å². The predicted octanol–water partition coefficient (Wildman–Crippen LogP) is 6.14. The van der Waals surface area contributed by atoms with Crippen LogP contribution in [-0.2, 0) is 0 Å². The van der Waals surface area contributed by atoms with Crippen LogP contribution in [-0.4, -0.2) is 7.11 Å². The molecular weight excluding hydrogens is 370 g/mol. The van der Waals surface area contributed by atoms with Crippen molar-refractivity contribution >= 4 is 50.7 Å². The van der Waals surface area contributed by atoms with Gasteiger partial charge in [0, 0.05) is 10.6 Å². The van der Waals surface area contributed by atoms with E-state index in [-0.39, 0.29) is 4.83 Å². The number of benzene rings is 2. The van der Waals surface area contributed by atoms with Crippen LogP contribution in [0.3, 0.4) is 0 Å². The minimum absolute atomic E-state index is 0.146. The summed E-state index contributed by atoms with van der Waals surface area (Å²) in [6.45, 7) is 0. The lowest BCUT2D eigenvalue weighted by Gasteiger charge is -2.16. The van der Waals surface area contributed by atoms with Gasteiger partial charge in [-0.25, -0.2) is 0 Å². The molecule has 0 heterocycles. The smallest absolute Gasteiger partial charge is 0.123 e. The number of hydrogen-bond acceptors (Lipinski definition) is 1. The largest absolute Gasteiger partial charge is 0.496 e. The molecular formula is C14H10BrCl3O. The zero-order valence-corrected chi connectivity index (χ0v) is 13.8. The quantitative estimate of drug-likeness (QED) is 0.581. The van der Waals surface area contributed by atoms with E-state index < -0.39 is 0 Å². The van der Waals surface area contributed by atoms with Gasteiger partial charge in [0.15, 0.2) is 0 Å². The highest BCUT2D eigenvalue weighted by atomic mass is 79.9. The molecule has 0 aliphatic rings. The number of hydrogen-bond donors (Lipinski definition) is 0. The zero-order valence-electron chi connectivity index (χ0n) is 9.96. The van der Waals surface area contributed by atoms with Crippen LogP contribution >= 0.6 is 50.7 Å². The van der Waals surface area contributed by atoms with Crippen molar-refractivity contribution < 1.29 is 4.74 Å². The summed E-state index contributed by atoms with van der Waals surface area (Å²) in [4.78, 5) is -0.146. The Morgan fingerprint density at radius 1 is 1.05 bits per heavy atom. The molecule has 0 saturated heterocycles. The first-order valence-electron chi connectivity index (χ1n) is 5.46. The van der Waals surface area contributed by atoms with Crippen molar-refractivity contribution in [1.29, 1.82) is 0 Å². The van der Waals surface area contributed by atoms with Crippen LogP contribution in [0.25, 0.3) is 0 Å². The Kier molecular flexibility index (Phi) is 5.02. The standard InChI is InChI=1S/C14H10BrCl3O/c1-19-12-6-5-8(16)7-10(12)13(15)9-3-2-4-11(17)14(9)18/h2-7,13H,1H3. The number of alkyl halides is 1. The van der Waals surface area contributed by atoms with Crippen molar-refractivity contribution in [2.45, 2.75) is 4.83 Å². The summed E-state index contributed by atoms with van der Waals surface area (Å²) in [6, 6.07) is 11.0. The zero-order chi connectivity index (χ0) is 14.0. The monoisotopic (exact) mass is 378 g/mol. The first-order valence-corrected chi connectivity index (χ1v) is 7.51. The molecule has 0 bridgehead atoms. The normalized spacial score (nSPS) is 12.3. The maximum absolute atomic E-state index is 6.24. The van der Waals surface area contributed by atoms with E-state index >= 15 is 0 Å². The first kappa shape index (κ1) is 15.0. The van der Waals surface area contributed by atoms with Crippen LogP contribution in [0.2, 0.25) is 15.1 Å². The van der Waals surface area contributed by atoms with E-state index in [9.17, 15) is 0 Å². The lowest BCUT2D eigenvalue weighted by molar-refractivity contribution is 0.410. The molecule has 0 amide bonds. The summed E-state index contributed by atoms with van der Waals surface area (Å²) in [6.07, 6.45) is 0. The number of halogens is 4. The third-order valence-electron chi connectivity index (χ3n) is 2.72. The molecule has 0 aliphatic heterocycles. The molecule has 0 fully saturated rings. The van der Waals surface area contributed by atoms with Crippen molar-refractivity contribution in [1.82, 2.24) is 0 Å². The van der Waals surface area contributed by atoms with Gasteiger partial charge in [-0.05, 0) is 29.8 Å². The second-order valence-electron chi connectivity index (χ2n) is 3.89. The van der Waals surface area contributed by atoms with Crippen LogP contribution < -0.4 is 4.74 Å². The summed E-state index contributed by atoms with van der Waals surface area (Å²) in [5.74, 6) is 0.738. The molecule has 5 heteroatoms. The van der Waals surface area contributed by atoms with Crippen LogP contribution in [0.4, 0.5) is 0 Å². The third-order valence-corrected chi connectivity index (χ3v) is 4.77. The van der Waals surface area contributed by atoms with Crippen LogP contribution in [0.15, 0.2) is 36.4 Å². The molecule has 100 valence electrons. The minimum atomic E-state index is -0.146. The first-order chi connectivity index (χ1) is 9.04. The van der Waals surface area contributed by atoms with Gasteiger partial charge in [-0.1, -0.05) is 62.9 Å². The van der Waals surface area contributed by atoms with Crippen LogP contribution in [0.1, 0.15) is 16.0 Å². The Hall–Kier alpha value is -0.410. The summed E-state index contributed by atoms with van der Waals surface area (Å²) in [7, 11) is 1.62. The van der Waals surface area contributed by atoms with E-state index in [0.29, 0.717) is 15.1 Å². The molecule has 0 saturated carbocycles. The average molecular weight is 380 g/mol. The maximum atomic E-state index is 6.24. The van der Waals surface area contributed by atoms with E-state index in [1.54, 1.807) is 19.2 Å². The Balaban J connectivity index is 2.52. The van der Waals surface area contributed by atoms with Crippen LogP contribution in [0.5, 0.6) is 5.75 Å². The second-order valence-corrected chi connectivity index (χ2v) is 6.03. The molecule has 0 aromatic heterocycles. The highest BCUT2D eigenvalue weighted by Crippen LogP contribution is 2.42. The number of rotatable bonds is 3. The summed E-state index contributed by atoms with van der Waals surface area (Å²) in [5, 5.41) is 1.68. The molecule has 0 spiro atoms. The molecule has 0 N–H and O–H groups in total. The lowest BCUT2D eigenvalue weighted by atomic mass is 10.0. The lowest BCUT2D eigenvalue weighted by Crippen LogP contribution is -1.98. The molecule has 0 radical (unpaired) electrons. The van der Waals surface area contributed by atoms with Crippen molar-refractivity contribution in [3.05, 3.63) is 62.6 Å². The van der Waals surface area contributed by atoms with Gasteiger partial charge in [0.25, 0.3) is 0 Å². The molecule has 1 unspecified atom stereocenters. The molecule has 19 heavy (non-hydrogen) atoms. The van der Waals surface area contributed by atoms with Gasteiger partial charge in [-0.2, -0.15) is 0 Å². The van der Waals surface area contributed by atoms with E-state index in [2.05, 4.69) is 15.9 Å². The van der Waals surface area contributed by atoms with Crippen LogP contribution in [0, 0.1) is 0 Å². The Morgan fingerprint density at radius 2 is 1.79 bits per heavy atom. The van der Waals surface area contributed by atoms with Gasteiger partial charge in [-0.3, -0.25) is 0 Å². The van der Waals surface area contributed by atoms with Gasteiger partial charge < -0.3 is 4.74 Å². The topological polar surface area (TPSA) is 9.23 Å². The molecule has 1 nitrogen and oxygen atoms in total. The Bertz CT molecular complexity index is 601. The Morgan fingerprint density at radius 3 is 2.47 bits per heavy atom. The fourth-order valence-corrected chi connectivity index (χ4v) is 3.26. The van der Waals surface area contributed by atoms with Crippen molar-refractivity contribution in [2.75, 3.05) is 7.11 Å². The maximum Gasteiger partial charge on any atom is 0.123 e. The molecule has 2 aromatic carbocycles. The van der Waals surface area contributed by atoms with Gasteiger partial charge in [0.2, 0.25) is 0 Å². The summed E-state index contributed by atoms with van der Waals surface area (Å²) < 4.78 is 5.35. The molecule has 2 aromatic rings. The SMILES string of the molecule is COc1ccc(Cl)cc1C(Br)c1cccc(Cl)c1Cl. The summed E-state index contributed by atoms with van der Waals surface area (Å²) >= 11 is 21.9. The second kappa shape index (κ2) is 6.36. The number of methoxy groups -OCH3 is 1. The van der Waals surface area contributed by atoms with Gasteiger partial charge >= 0.3 is 0 Å². The molecule has 2 rings (SSSR count). The van der Waals surface area contributed by atoms with E-state index in [1.165, 1.54) is 0 Å². The van der Waals surface area contributed by atoms with E-state index in [1.807, 2.05) is 24.3 Å². The molecule has 0 aliphatic carbocycles.